The molecule has 0 aliphatic carbocycles. The summed E-state index contributed by atoms with van der Waals surface area (Å²) in [6, 6.07) is 0.616. The molecule has 2 N–H and O–H groups in total. The van der Waals surface area contributed by atoms with Crippen LogP contribution in [0.3, 0.4) is 0 Å². The van der Waals surface area contributed by atoms with Crippen molar-refractivity contribution in [1.82, 2.24) is 10.6 Å². The fourth-order valence-corrected chi connectivity index (χ4v) is 3.85. The van der Waals surface area contributed by atoms with E-state index in [4.69, 9.17) is 0 Å². The molecule has 98 valence electrons. The lowest BCUT2D eigenvalue weighted by Crippen LogP contribution is -2.43. The van der Waals surface area contributed by atoms with Gasteiger partial charge in [-0.05, 0) is 32.2 Å². The van der Waals surface area contributed by atoms with E-state index in [2.05, 4.69) is 10.6 Å². The van der Waals surface area contributed by atoms with Gasteiger partial charge in [-0.15, -0.1) is 0 Å². The van der Waals surface area contributed by atoms with E-state index in [1.807, 2.05) is 0 Å². The molecule has 0 aromatic carbocycles. The minimum atomic E-state index is -0.646. The Labute approximate surface area is 105 Å². The number of carbonyl (C=O) groups excluding carboxylic acids is 1. The molecule has 2 rings (SSSR count). The summed E-state index contributed by atoms with van der Waals surface area (Å²) < 4.78 is 11.2. The van der Waals surface area contributed by atoms with Crippen molar-refractivity contribution >= 4 is 16.7 Å². The standard InChI is InChI=1S/C12H22N2O2S/c15-12(9-11-3-1-2-6-13-11)14-10-4-7-17(16)8-5-10/h10-11,13H,1-9H2,(H,14,15). The second-order valence-electron chi connectivity index (χ2n) is 5.04. The Bertz CT molecular complexity index is 280. The number of hydrogen-bond donors (Lipinski definition) is 2. The van der Waals surface area contributed by atoms with Gasteiger partial charge < -0.3 is 10.6 Å². The first-order valence-electron chi connectivity index (χ1n) is 6.62. The summed E-state index contributed by atoms with van der Waals surface area (Å²) >= 11 is 0. The van der Waals surface area contributed by atoms with Crippen LogP contribution in [0.2, 0.25) is 0 Å². The summed E-state index contributed by atoms with van der Waals surface area (Å²) in [6.07, 6.45) is 5.91. The Morgan fingerprint density at radius 1 is 1.24 bits per heavy atom. The van der Waals surface area contributed by atoms with Crippen molar-refractivity contribution in [1.29, 1.82) is 0 Å². The minimum absolute atomic E-state index is 0.155. The number of nitrogens with one attached hydrogen (secondary N) is 2. The summed E-state index contributed by atoms with van der Waals surface area (Å²) in [5.41, 5.74) is 0. The van der Waals surface area contributed by atoms with Gasteiger partial charge in [0.05, 0.1) is 0 Å². The van der Waals surface area contributed by atoms with Crippen LogP contribution in [0.5, 0.6) is 0 Å². The molecular formula is C12H22N2O2S. The molecule has 2 aliphatic heterocycles. The molecule has 1 amide bonds. The van der Waals surface area contributed by atoms with Crippen molar-refractivity contribution in [3.63, 3.8) is 0 Å². The van der Waals surface area contributed by atoms with Crippen molar-refractivity contribution < 1.29 is 9.00 Å². The van der Waals surface area contributed by atoms with E-state index < -0.39 is 10.8 Å². The molecule has 0 spiro atoms. The molecule has 2 aliphatic rings. The zero-order valence-corrected chi connectivity index (χ0v) is 11.1. The third-order valence-corrected chi connectivity index (χ3v) is 4.98. The maximum absolute atomic E-state index is 11.8. The Balaban J connectivity index is 1.67. The maximum Gasteiger partial charge on any atom is 0.221 e. The van der Waals surface area contributed by atoms with E-state index in [1.54, 1.807) is 0 Å². The fourth-order valence-electron chi connectivity index (χ4n) is 2.55. The molecule has 0 aromatic heterocycles. The third-order valence-electron chi connectivity index (χ3n) is 3.60. The number of hydrogen-bond acceptors (Lipinski definition) is 3. The van der Waals surface area contributed by atoms with Crippen LogP contribution in [-0.2, 0) is 15.6 Å². The molecule has 5 heteroatoms. The average Bonchev–Trinajstić information content (AvgIpc) is 2.33. The second-order valence-corrected chi connectivity index (χ2v) is 6.74. The topological polar surface area (TPSA) is 58.2 Å². The zero-order valence-electron chi connectivity index (χ0n) is 10.2. The number of piperidine rings is 1. The molecule has 2 fully saturated rings. The van der Waals surface area contributed by atoms with Gasteiger partial charge >= 0.3 is 0 Å². The Morgan fingerprint density at radius 2 is 2.00 bits per heavy atom. The lowest BCUT2D eigenvalue weighted by atomic mass is 10.0. The van der Waals surface area contributed by atoms with Crippen LogP contribution in [0.15, 0.2) is 0 Å². The maximum atomic E-state index is 11.8. The molecule has 4 nitrogen and oxygen atoms in total. The summed E-state index contributed by atoms with van der Waals surface area (Å²) in [6.45, 7) is 1.04. The zero-order chi connectivity index (χ0) is 12.1. The fraction of sp³-hybridized carbons (Fsp3) is 0.917. The summed E-state index contributed by atoms with van der Waals surface area (Å²) in [4.78, 5) is 11.8. The van der Waals surface area contributed by atoms with Crippen LogP contribution in [0, 0.1) is 0 Å². The van der Waals surface area contributed by atoms with E-state index in [0.717, 1.165) is 37.3 Å². The Kier molecular flexibility index (Phi) is 4.98. The van der Waals surface area contributed by atoms with Gasteiger partial charge in [-0.2, -0.15) is 0 Å². The lowest BCUT2D eigenvalue weighted by molar-refractivity contribution is -0.122. The average molecular weight is 258 g/mol. The second kappa shape index (κ2) is 6.50. The Hall–Kier alpha value is -0.420. The van der Waals surface area contributed by atoms with Crippen molar-refractivity contribution in [3.8, 4) is 0 Å². The predicted octanol–water partition coefficient (Wildman–Crippen LogP) is 0.546. The number of rotatable bonds is 3. The Morgan fingerprint density at radius 3 is 2.65 bits per heavy atom. The van der Waals surface area contributed by atoms with Crippen LogP contribution in [0.1, 0.15) is 38.5 Å². The molecule has 0 aromatic rings. The van der Waals surface area contributed by atoms with Crippen molar-refractivity contribution in [2.24, 2.45) is 0 Å². The van der Waals surface area contributed by atoms with Gasteiger partial charge in [0.2, 0.25) is 5.91 Å². The van der Waals surface area contributed by atoms with Crippen LogP contribution >= 0.6 is 0 Å². The van der Waals surface area contributed by atoms with Crippen molar-refractivity contribution in [3.05, 3.63) is 0 Å². The van der Waals surface area contributed by atoms with E-state index in [9.17, 15) is 9.00 Å². The summed E-state index contributed by atoms with van der Waals surface area (Å²) in [5.74, 6) is 1.64. The first-order chi connectivity index (χ1) is 8.24. The quantitative estimate of drug-likeness (QED) is 0.777. The molecule has 1 unspecified atom stereocenters. The largest absolute Gasteiger partial charge is 0.353 e. The highest BCUT2D eigenvalue weighted by Gasteiger charge is 2.21. The van der Waals surface area contributed by atoms with E-state index in [1.165, 1.54) is 12.8 Å². The van der Waals surface area contributed by atoms with Gasteiger partial charge in [0.15, 0.2) is 0 Å². The third kappa shape index (κ3) is 4.39. The van der Waals surface area contributed by atoms with Gasteiger partial charge in [-0.25, -0.2) is 0 Å². The molecule has 17 heavy (non-hydrogen) atoms. The van der Waals surface area contributed by atoms with Gasteiger partial charge in [0.25, 0.3) is 0 Å². The highest BCUT2D eigenvalue weighted by atomic mass is 32.2. The number of amides is 1. The van der Waals surface area contributed by atoms with Crippen LogP contribution in [0.4, 0.5) is 0 Å². The monoisotopic (exact) mass is 258 g/mol. The molecule has 2 saturated heterocycles. The first kappa shape index (κ1) is 13.0. The van der Waals surface area contributed by atoms with Gasteiger partial charge in [-0.3, -0.25) is 9.00 Å². The molecule has 2 heterocycles. The normalized spacial score (nSPS) is 34.2. The van der Waals surface area contributed by atoms with Gasteiger partial charge in [0, 0.05) is 40.8 Å². The molecular weight excluding hydrogens is 236 g/mol. The molecule has 0 radical (unpaired) electrons. The molecule has 0 bridgehead atoms. The predicted molar refractivity (Wildman–Crippen MR) is 69.3 cm³/mol. The number of carbonyl (C=O) groups is 1. The van der Waals surface area contributed by atoms with Crippen LogP contribution in [-0.4, -0.2) is 40.3 Å². The van der Waals surface area contributed by atoms with Gasteiger partial charge in [0.1, 0.15) is 0 Å². The minimum Gasteiger partial charge on any atom is -0.353 e. The van der Waals surface area contributed by atoms with Gasteiger partial charge in [-0.1, -0.05) is 6.42 Å². The van der Waals surface area contributed by atoms with Crippen LogP contribution < -0.4 is 10.6 Å². The molecule has 1 atom stereocenters. The summed E-state index contributed by atoms with van der Waals surface area (Å²) in [5, 5.41) is 6.46. The smallest absolute Gasteiger partial charge is 0.221 e. The summed E-state index contributed by atoms with van der Waals surface area (Å²) in [7, 11) is -0.646. The van der Waals surface area contributed by atoms with Crippen LogP contribution in [0.25, 0.3) is 0 Å². The van der Waals surface area contributed by atoms with Crippen molar-refractivity contribution in [2.45, 2.75) is 50.6 Å². The molecule has 0 saturated carbocycles. The SMILES string of the molecule is O=C(CC1CCCCN1)NC1CCS(=O)CC1. The van der Waals surface area contributed by atoms with E-state index >= 15 is 0 Å². The highest BCUT2D eigenvalue weighted by molar-refractivity contribution is 7.85. The van der Waals surface area contributed by atoms with E-state index in [-0.39, 0.29) is 11.9 Å². The van der Waals surface area contributed by atoms with Crippen molar-refractivity contribution in [2.75, 3.05) is 18.1 Å². The lowest BCUT2D eigenvalue weighted by Gasteiger charge is -2.26. The first-order valence-corrected chi connectivity index (χ1v) is 8.10. The highest BCUT2D eigenvalue weighted by Crippen LogP contribution is 2.12. The van der Waals surface area contributed by atoms with E-state index in [0.29, 0.717) is 12.5 Å².